The van der Waals surface area contributed by atoms with Crippen LogP contribution < -0.4 is 4.74 Å². The molecule has 1 atom stereocenters. The average molecular weight is 358 g/mol. The van der Waals surface area contributed by atoms with Crippen molar-refractivity contribution in [2.75, 3.05) is 6.61 Å². The van der Waals surface area contributed by atoms with Gasteiger partial charge in [-0.05, 0) is 49.9 Å². The Bertz CT molecular complexity index is 876. The molecule has 0 radical (unpaired) electrons. The van der Waals surface area contributed by atoms with Crippen LogP contribution in [0, 0.1) is 5.92 Å². The molecule has 1 aromatic heterocycles. The molecule has 2 aromatic rings. The average Bonchev–Trinajstić information content (AvgIpc) is 3.33. The first kappa shape index (κ1) is 16.3. The van der Waals surface area contributed by atoms with E-state index in [2.05, 4.69) is 10.1 Å². The zero-order chi connectivity index (χ0) is 17.6. The summed E-state index contributed by atoms with van der Waals surface area (Å²) in [6, 6.07) is 7.59. The van der Waals surface area contributed by atoms with E-state index in [0.717, 1.165) is 34.3 Å². The van der Waals surface area contributed by atoms with Crippen LogP contribution in [0.3, 0.4) is 0 Å². The number of ether oxygens (including phenoxy) is 1. The van der Waals surface area contributed by atoms with Gasteiger partial charge in [-0.1, -0.05) is 11.6 Å². The number of amides is 1. The van der Waals surface area contributed by atoms with Crippen LogP contribution in [-0.4, -0.2) is 28.2 Å². The van der Waals surface area contributed by atoms with Crippen LogP contribution in [0.25, 0.3) is 10.9 Å². The number of nitrogens with zero attached hydrogens (tertiary/aromatic N) is 3. The van der Waals surface area contributed by atoms with Crippen molar-refractivity contribution < 1.29 is 9.53 Å². The van der Waals surface area contributed by atoms with E-state index in [9.17, 15) is 4.79 Å². The van der Waals surface area contributed by atoms with Crippen LogP contribution in [-0.2, 0) is 4.79 Å². The summed E-state index contributed by atoms with van der Waals surface area (Å²) in [6.07, 6.45) is 3.07. The fourth-order valence-electron chi connectivity index (χ4n) is 3.37. The van der Waals surface area contributed by atoms with Gasteiger partial charge in [0.15, 0.2) is 0 Å². The largest absolute Gasteiger partial charge is 0.494 e. The summed E-state index contributed by atoms with van der Waals surface area (Å²) in [5, 5.41) is 7.51. The fraction of sp³-hybridized carbons (Fsp3) is 0.421. The molecule has 6 heteroatoms. The maximum absolute atomic E-state index is 12.1. The maximum atomic E-state index is 12.1. The standard InChI is InChI=1S/C19H20ClN3O2/c1-3-25-14-6-7-16-13(8-14)9-15(19(20)21-16)18-10-17(12-4-5-12)22-23(18)11(2)24/h6-9,12,18H,3-5,10H2,1-2H3/t18-/m0/s1. The summed E-state index contributed by atoms with van der Waals surface area (Å²) in [5.41, 5.74) is 2.77. The van der Waals surface area contributed by atoms with Crippen LogP contribution in [0.2, 0.25) is 5.15 Å². The van der Waals surface area contributed by atoms with Crippen molar-refractivity contribution in [3.63, 3.8) is 0 Å². The molecule has 1 aliphatic carbocycles. The van der Waals surface area contributed by atoms with Gasteiger partial charge in [0.1, 0.15) is 10.9 Å². The lowest BCUT2D eigenvalue weighted by atomic mass is 10.00. The predicted octanol–water partition coefficient (Wildman–Crippen LogP) is 4.35. The third kappa shape index (κ3) is 3.09. The summed E-state index contributed by atoms with van der Waals surface area (Å²) < 4.78 is 5.58. The fourth-order valence-corrected chi connectivity index (χ4v) is 3.64. The Labute approximate surface area is 151 Å². The Kier molecular flexibility index (Phi) is 4.12. The molecule has 5 nitrogen and oxygen atoms in total. The number of benzene rings is 1. The maximum Gasteiger partial charge on any atom is 0.240 e. The summed E-state index contributed by atoms with van der Waals surface area (Å²) in [4.78, 5) is 16.6. The lowest BCUT2D eigenvalue weighted by Crippen LogP contribution is -2.24. The number of halogens is 1. The number of pyridine rings is 1. The molecule has 0 spiro atoms. The highest BCUT2D eigenvalue weighted by molar-refractivity contribution is 6.30. The number of hydrogen-bond donors (Lipinski definition) is 0. The lowest BCUT2D eigenvalue weighted by molar-refractivity contribution is -0.130. The van der Waals surface area contributed by atoms with Crippen LogP contribution >= 0.6 is 11.6 Å². The molecule has 1 amide bonds. The second-order valence-corrected chi connectivity index (χ2v) is 6.96. The first-order valence-electron chi connectivity index (χ1n) is 8.67. The highest BCUT2D eigenvalue weighted by atomic mass is 35.5. The molecule has 1 saturated carbocycles. The zero-order valence-electron chi connectivity index (χ0n) is 14.3. The molecular weight excluding hydrogens is 338 g/mol. The van der Waals surface area contributed by atoms with Gasteiger partial charge >= 0.3 is 0 Å². The van der Waals surface area contributed by atoms with Gasteiger partial charge in [0, 0.05) is 30.0 Å². The number of hydrazone groups is 1. The van der Waals surface area contributed by atoms with Crippen LogP contribution in [0.15, 0.2) is 29.4 Å². The van der Waals surface area contributed by atoms with Gasteiger partial charge in [-0.15, -0.1) is 0 Å². The number of carbonyl (C=O) groups is 1. The smallest absolute Gasteiger partial charge is 0.240 e. The molecule has 1 aromatic carbocycles. The third-order valence-electron chi connectivity index (χ3n) is 4.74. The Hall–Kier alpha value is -2.14. The summed E-state index contributed by atoms with van der Waals surface area (Å²) >= 11 is 6.47. The molecule has 4 rings (SSSR count). The van der Waals surface area contributed by atoms with Gasteiger partial charge < -0.3 is 4.74 Å². The molecule has 1 fully saturated rings. The van der Waals surface area contributed by atoms with E-state index in [1.54, 1.807) is 11.9 Å². The number of fused-ring (bicyclic) bond motifs is 1. The molecule has 1 aliphatic heterocycles. The van der Waals surface area contributed by atoms with E-state index < -0.39 is 0 Å². The number of aromatic nitrogens is 1. The van der Waals surface area contributed by atoms with Gasteiger partial charge in [-0.25, -0.2) is 9.99 Å². The molecule has 0 N–H and O–H groups in total. The van der Waals surface area contributed by atoms with E-state index in [4.69, 9.17) is 16.3 Å². The Morgan fingerprint density at radius 1 is 1.36 bits per heavy atom. The minimum atomic E-state index is -0.173. The van der Waals surface area contributed by atoms with Crippen LogP contribution in [0.1, 0.15) is 44.7 Å². The van der Waals surface area contributed by atoms with Crippen molar-refractivity contribution in [1.29, 1.82) is 0 Å². The van der Waals surface area contributed by atoms with E-state index in [1.165, 1.54) is 12.8 Å². The van der Waals surface area contributed by atoms with Crippen molar-refractivity contribution in [2.45, 2.75) is 39.2 Å². The Morgan fingerprint density at radius 2 is 2.16 bits per heavy atom. The van der Waals surface area contributed by atoms with Crippen molar-refractivity contribution in [2.24, 2.45) is 11.0 Å². The monoisotopic (exact) mass is 357 g/mol. The molecule has 0 unspecified atom stereocenters. The molecular formula is C19H20ClN3O2. The topological polar surface area (TPSA) is 54.8 Å². The van der Waals surface area contributed by atoms with Gasteiger partial charge in [0.2, 0.25) is 5.91 Å². The normalized spacial score (nSPS) is 20.0. The lowest BCUT2D eigenvalue weighted by Gasteiger charge is -2.21. The van der Waals surface area contributed by atoms with E-state index in [-0.39, 0.29) is 11.9 Å². The van der Waals surface area contributed by atoms with Crippen LogP contribution in [0.5, 0.6) is 5.75 Å². The number of hydrogen-bond acceptors (Lipinski definition) is 4. The van der Waals surface area contributed by atoms with Gasteiger partial charge in [0.25, 0.3) is 0 Å². The molecule has 2 aliphatic rings. The molecule has 2 heterocycles. The zero-order valence-corrected chi connectivity index (χ0v) is 15.1. The van der Waals surface area contributed by atoms with E-state index in [0.29, 0.717) is 17.7 Å². The van der Waals surface area contributed by atoms with Crippen molar-refractivity contribution in [3.05, 3.63) is 35.0 Å². The molecule has 0 saturated heterocycles. The third-order valence-corrected chi connectivity index (χ3v) is 5.04. The van der Waals surface area contributed by atoms with E-state index >= 15 is 0 Å². The second-order valence-electron chi connectivity index (χ2n) is 6.61. The van der Waals surface area contributed by atoms with Gasteiger partial charge in [-0.2, -0.15) is 5.10 Å². The van der Waals surface area contributed by atoms with Crippen molar-refractivity contribution >= 4 is 34.1 Å². The highest BCUT2D eigenvalue weighted by Gasteiger charge is 2.39. The summed E-state index contributed by atoms with van der Waals surface area (Å²) in [7, 11) is 0. The molecule has 0 bridgehead atoms. The highest BCUT2D eigenvalue weighted by Crippen LogP contribution is 2.42. The minimum Gasteiger partial charge on any atom is -0.494 e. The summed E-state index contributed by atoms with van der Waals surface area (Å²) in [5.74, 6) is 1.26. The van der Waals surface area contributed by atoms with E-state index in [1.807, 2.05) is 31.2 Å². The van der Waals surface area contributed by atoms with Crippen molar-refractivity contribution in [3.8, 4) is 5.75 Å². The number of rotatable bonds is 4. The predicted molar refractivity (Wildman–Crippen MR) is 98.0 cm³/mol. The quantitative estimate of drug-likeness (QED) is 0.764. The second kappa shape index (κ2) is 6.30. The van der Waals surface area contributed by atoms with Gasteiger partial charge in [-0.3, -0.25) is 4.79 Å². The Morgan fingerprint density at radius 3 is 2.84 bits per heavy atom. The first-order valence-corrected chi connectivity index (χ1v) is 9.04. The Balaban J connectivity index is 1.74. The number of carbonyl (C=O) groups excluding carboxylic acids is 1. The van der Waals surface area contributed by atoms with Crippen molar-refractivity contribution in [1.82, 2.24) is 9.99 Å². The van der Waals surface area contributed by atoms with Gasteiger partial charge in [0.05, 0.1) is 18.2 Å². The van der Waals surface area contributed by atoms with Crippen LogP contribution in [0.4, 0.5) is 0 Å². The first-order chi connectivity index (χ1) is 12.1. The SMILES string of the molecule is CCOc1ccc2nc(Cl)c([C@@H]3CC(C4CC4)=NN3C(C)=O)cc2c1. The summed E-state index contributed by atoms with van der Waals surface area (Å²) in [6.45, 7) is 4.11. The molecule has 130 valence electrons. The minimum absolute atomic E-state index is 0.0696. The molecule has 25 heavy (non-hydrogen) atoms.